The van der Waals surface area contributed by atoms with Crippen molar-refractivity contribution in [2.24, 2.45) is 0 Å². The molecule has 0 fully saturated rings. The normalized spacial score (nSPS) is 20.9. The molecule has 0 aliphatic carbocycles. The van der Waals surface area contributed by atoms with Crippen LogP contribution in [-0.2, 0) is 0 Å². The topological polar surface area (TPSA) is 38.7 Å². The third kappa shape index (κ3) is 2.41. The number of benzene rings is 2. The lowest BCUT2D eigenvalue weighted by Crippen LogP contribution is -2.19. The molecule has 2 aromatic carbocycles. The molecule has 0 bridgehead atoms. The van der Waals surface area contributed by atoms with Crippen LogP contribution >= 0.6 is 15.9 Å². The largest absolute Gasteiger partial charge is 0.497 e. The first-order valence-electron chi connectivity index (χ1n) is 6.46. The Morgan fingerprint density at radius 2 is 2.00 bits per heavy atom. The first kappa shape index (κ1) is 13.5. The monoisotopic (exact) mass is 334 g/mol. The number of methoxy groups -OCH3 is 1. The van der Waals surface area contributed by atoms with Crippen molar-refractivity contribution in [2.45, 2.75) is 18.6 Å². The van der Waals surface area contributed by atoms with Crippen LogP contribution in [0.4, 0.5) is 0 Å². The lowest BCUT2D eigenvalue weighted by Gasteiger charge is -2.30. The van der Waals surface area contributed by atoms with E-state index in [0.29, 0.717) is 12.2 Å². The average molecular weight is 335 g/mol. The molecule has 3 rings (SSSR count). The molecule has 2 aromatic rings. The molecule has 0 aromatic heterocycles. The zero-order valence-corrected chi connectivity index (χ0v) is 12.6. The molecule has 0 radical (unpaired) electrons. The molecule has 1 heterocycles. The summed E-state index contributed by atoms with van der Waals surface area (Å²) in [5, 5.41) is 10.3. The van der Waals surface area contributed by atoms with Gasteiger partial charge in [-0.05, 0) is 18.2 Å². The lowest BCUT2D eigenvalue weighted by atomic mass is 9.95. The van der Waals surface area contributed by atoms with Crippen LogP contribution in [0.15, 0.2) is 46.9 Å². The second-order valence-corrected chi connectivity index (χ2v) is 5.64. The first-order chi connectivity index (χ1) is 9.69. The molecule has 20 heavy (non-hydrogen) atoms. The highest BCUT2D eigenvalue weighted by Crippen LogP contribution is 2.43. The molecule has 3 nitrogen and oxygen atoms in total. The van der Waals surface area contributed by atoms with Gasteiger partial charge < -0.3 is 14.6 Å². The molecule has 2 atom stereocenters. The molecule has 0 saturated carbocycles. The van der Waals surface area contributed by atoms with Crippen molar-refractivity contribution in [2.75, 3.05) is 7.11 Å². The van der Waals surface area contributed by atoms with E-state index in [1.807, 2.05) is 42.5 Å². The van der Waals surface area contributed by atoms with Gasteiger partial charge >= 0.3 is 0 Å². The summed E-state index contributed by atoms with van der Waals surface area (Å²) in [7, 11) is 1.62. The Morgan fingerprint density at radius 1 is 1.20 bits per heavy atom. The Labute approximate surface area is 126 Å². The van der Waals surface area contributed by atoms with Crippen molar-refractivity contribution in [1.29, 1.82) is 0 Å². The SMILES string of the molecule is COc1ccc2c(c1)OC(c1ccccc1Br)CC2O. The number of aliphatic hydroxyl groups excluding tert-OH is 1. The van der Waals surface area contributed by atoms with E-state index in [1.165, 1.54) is 0 Å². The van der Waals surface area contributed by atoms with Gasteiger partial charge in [0, 0.05) is 28.1 Å². The minimum absolute atomic E-state index is 0.166. The molecule has 1 aliphatic heterocycles. The molecular formula is C16H15BrO3. The van der Waals surface area contributed by atoms with E-state index < -0.39 is 6.10 Å². The molecule has 1 aliphatic rings. The van der Waals surface area contributed by atoms with E-state index in [4.69, 9.17) is 9.47 Å². The van der Waals surface area contributed by atoms with Crippen molar-refractivity contribution >= 4 is 15.9 Å². The van der Waals surface area contributed by atoms with Gasteiger partial charge in [0.2, 0.25) is 0 Å². The van der Waals surface area contributed by atoms with Crippen molar-refractivity contribution in [3.8, 4) is 11.5 Å². The minimum atomic E-state index is -0.526. The minimum Gasteiger partial charge on any atom is -0.497 e. The van der Waals surface area contributed by atoms with Crippen molar-refractivity contribution in [3.63, 3.8) is 0 Å². The summed E-state index contributed by atoms with van der Waals surface area (Å²) in [5.74, 6) is 1.41. The molecule has 0 amide bonds. The van der Waals surface area contributed by atoms with Crippen molar-refractivity contribution in [3.05, 3.63) is 58.1 Å². The Kier molecular flexibility index (Phi) is 3.68. The molecule has 0 saturated heterocycles. The van der Waals surface area contributed by atoms with Gasteiger partial charge in [0.15, 0.2) is 0 Å². The highest BCUT2D eigenvalue weighted by atomic mass is 79.9. The van der Waals surface area contributed by atoms with Crippen LogP contribution in [0.2, 0.25) is 0 Å². The summed E-state index contributed by atoms with van der Waals surface area (Å²) >= 11 is 3.53. The molecule has 1 N–H and O–H groups in total. The summed E-state index contributed by atoms with van der Waals surface area (Å²) in [6, 6.07) is 13.4. The predicted molar refractivity (Wildman–Crippen MR) is 80.1 cm³/mol. The Balaban J connectivity index is 1.97. The number of aliphatic hydroxyl groups is 1. The van der Waals surface area contributed by atoms with Gasteiger partial charge in [-0.25, -0.2) is 0 Å². The van der Waals surface area contributed by atoms with Gasteiger partial charge in [-0.3, -0.25) is 0 Å². The number of ether oxygens (including phenoxy) is 2. The van der Waals surface area contributed by atoms with Gasteiger partial charge in [0.1, 0.15) is 17.6 Å². The van der Waals surface area contributed by atoms with Crippen LogP contribution in [0.25, 0.3) is 0 Å². The highest BCUT2D eigenvalue weighted by molar-refractivity contribution is 9.10. The molecule has 4 heteroatoms. The Morgan fingerprint density at radius 3 is 2.75 bits per heavy atom. The Bertz CT molecular complexity index is 627. The predicted octanol–water partition coefficient (Wildman–Crippen LogP) is 4.01. The number of fused-ring (bicyclic) bond motifs is 1. The quantitative estimate of drug-likeness (QED) is 0.901. The first-order valence-corrected chi connectivity index (χ1v) is 7.25. The van der Waals surface area contributed by atoms with E-state index in [2.05, 4.69) is 15.9 Å². The Hall–Kier alpha value is -1.52. The number of hydrogen-bond donors (Lipinski definition) is 1. The van der Waals surface area contributed by atoms with Crippen LogP contribution in [0.5, 0.6) is 11.5 Å². The third-order valence-electron chi connectivity index (χ3n) is 3.54. The fourth-order valence-electron chi connectivity index (χ4n) is 2.48. The van der Waals surface area contributed by atoms with Gasteiger partial charge in [-0.15, -0.1) is 0 Å². The molecule has 2 unspecified atom stereocenters. The van der Waals surface area contributed by atoms with Crippen LogP contribution in [0.1, 0.15) is 29.8 Å². The second-order valence-electron chi connectivity index (χ2n) is 4.78. The van der Waals surface area contributed by atoms with Gasteiger partial charge in [-0.1, -0.05) is 34.1 Å². The lowest BCUT2D eigenvalue weighted by molar-refractivity contribution is 0.0651. The summed E-state index contributed by atoms with van der Waals surface area (Å²) in [5.41, 5.74) is 1.86. The molecule has 0 spiro atoms. The number of halogens is 1. The van der Waals surface area contributed by atoms with Crippen LogP contribution in [0.3, 0.4) is 0 Å². The maximum absolute atomic E-state index is 10.3. The summed E-state index contributed by atoms with van der Waals surface area (Å²) in [4.78, 5) is 0. The van der Waals surface area contributed by atoms with Crippen molar-refractivity contribution < 1.29 is 14.6 Å². The fraction of sp³-hybridized carbons (Fsp3) is 0.250. The smallest absolute Gasteiger partial charge is 0.129 e. The van der Waals surface area contributed by atoms with Gasteiger partial charge in [0.05, 0.1) is 13.2 Å². The zero-order valence-electron chi connectivity index (χ0n) is 11.0. The fourth-order valence-corrected chi connectivity index (χ4v) is 3.02. The summed E-state index contributed by atoms with van der Waals surface area (Å²) in [6.07, 6.45) is -0.149. The molecule has 104 valence electrons. The van der Waals surface area contributed by atoms with Crippen molar-refractivity contribution in [1.82, 2.24) is 0 Å². The maximum Gasteiger partial charge on any atom is 0.129 e. The van der Waals surface area contributed by atoms with E-state index >= 15 is 0 Å². The molecular weight excluding hydrogens is 320 g/mol. The van der Waals surface area contributed by atoms with E-state index in [9.17, 15) is 5.11 Å². The van der Waals surface area contributed by atoms with Gasteiger partial charge in [-0.2, -0.15) is 0 Å². The standard InChI is InChI=1S/C16H15BrO3/c1-19-10-6-7-12-14(18)9-16(20-15(12)8-10)11-4-2-3-5-13(11)17/h2-8,14,16,18H,9H2,1H3. The third-order valence-corrected chi connectivity index (χ3v) is 4.26. The summed E-state index contributed by atoms with van der Waals surface area (Å²) < 4.78 is 12.2. The van der Waals surface area contributed by atoms with Crippen LogP contribution < -0.4 is 9.47 Å². The summed E-state index contributed by atoms with van der Waals surface area (Å²) in [6.45, 7) is 0. The van der Waals surface area contributed by atoms with E-state index in [-0.39, 0.29) is 6.10 Å². The highest BCUT2D eigenvalue weighted by Gasteiger charge is 2.29. The maximum atomic E-state index is 10.3. The zero-order chi connectivity index (χ0) is 14.1. The number of hydrogen-bond acceptors (Lipinski definition) is 3. The van der Waals surface area contributed by atoms with Crippen LogP contribution in [-0.4, -0.2) is 12.2 Å². The second kappa shape index (κ2) is 5.46. The van der Waals surface area contributed by atoms with E-state index in [0.717, 1.165) is 21.3 Å². The van der Waals surface area contributed by atoms with Crippen LogP contribution in [0, 0.1) is 0 Å². The average Bonchev–Trinajstić information content (AvgIpc) is 2.47. The number of rotatable bonds is 2. The van der Waals surface area contributed by atoms with E-state index in [1.54, 1.807) is 7.11 Å². The van der Waals surface area contributed by atoms with Gasteiger partial charge in [0.25, 0.3) is 0 Å².